The third-order valence-corrected chi connectivity index (χ3v) is 2.49. The third-order valence-electron chi connectivity index (χ3n) is 1.85. The predicted octanol–water partition coefficient (Wildman–Crippen LogP) is 2.03. The van der Waals surface area contributed by atoms with Crippen LogP contribution in [0, 0.1) is 0 Å². The first-order chi connectivity index (χ1) is 6.11. The van der Waals surface area contributed by atoms with Crippen LogP contribution in [-0.4, -0.2) is 22.2 Å². The van der Waals surface area contributed by atoms with Crippen LogP contribution in [0.5, 0.6) is 0 Å². The third kappa shape index (κ3) is 2.97. The van der Waals surface area contributed by atoms with Gasteiger partial charge in [0.2, 0.25) is 0 Å². The zero-order valence-corrected chi connectivity index (χ0v) is 9.25. The van der Waals surface area contributed by atoms with E-state index in [1.807, 2.05) is 19.1 Å². The van der Waals surface area contributed by atoms with Gasteiger partial charge in [0.05, 0.1) is 16.6 Å². The van der Waals surface area contributed by atoms with Gasteiger partial charge in [-0.25, -0.2) is 4.98 Å². The van der Waals surface area contributed by atoms with E-state index in [4.69, 9.17) is 0 Å². The van der Waals surface area contributed by atoms with Gasteiger partial charge in [0.15, 0.2) is 0 Å². The van der Waals surface area contributed by atoms with E-state index >= 15 is 0 Å². The van der Waals surface area contributed by atoms with Gasteiger partial charge in [-0.15, -0.1) is 0 Å². The van der Waals surface area contributed by atoms with Gasteiger partial charge >= 0.3 is 0 Å². The number of anilines is 1. The Labute approximate surface area is 86.3 Å². The molecular formula is C9H13BrN2O. The van der Waals surface area contributed by atoms with E-state index in [9.17, 15) is 5.11 Å². The SMILES string of the molecule is CC(O)C(C)Nc1ncccc1Br. The molecule has 0 bridgehead atoms. The Morgan fingerprint density at radius 3 is 2.77 bits per heavy atom. The van der Waals surface area contributed by atoms with Crippen molar-refractivity contribution < 1.29 is 5.11 Å². The first-order valence-electron chi connectivity index (χ1n) is 4.16. The van der Waals surface area contributed by atoms with Crippen LogP contribution in [0.25, 0.3) is 0 Å². The van der Waals surface area contributed by atoms with Gasteiger partial charge in [-0.2, -0.15) is 0 Å². The summed E-state index contributed by atoms with van der Waals surface area (Å²) in [4.78, 5) is 4.13. The summed E-state index contributed by atoms with van der Waals surface area (Å²) in [6.45, 7) is 3.65. The molecule has 0 aliphatic rings. The van der Waals surface area contributed by atoms with Crippen molar-refractivity contribution in [2.45, 2.75) is 26.0 Å². The Morgan fingerprint density at radius 1 is 1.54 bits per heavy atom. The molecule has 2 atom stereocenters. The maximum absolute atomic E-state index is 9.27. The molecule has 0 aliphatic carbocycles. The highest BCUT2D eigenvalue weighted by atomic mass is 79.9. The number of hydrogen-bond donors (Lipinski definition) is 2. The average molecular weight is 245 g/mol. The smallest absolute Gasteiger partial charge is 0.140 e. The van der Waals surface area contributed by atoms with Crippen LogP contribution >= 0.6 is 15.9 Å². The molecular weight excluding hydrogens is 232 g/mol. The molecule has 0 radical (unpaired) electrons. The first kappa shape index (κ1) is 10.5. The molecule has 13 heavy (non-hydrogen) atoms. The number of pyridine rings is 1. The van der Waals surface area contributed by atoms with Crippen LogP contribution in [-0.2, 0) is 0 Å². The second-order valence-electron chi connectivity index (χ2n) is 3.01. The number of nitrogens with one attached hydrogen (secondary N) is 1. The molecule has 1 rings (SSSR count). The van der Waals surface area contributed by atoms with Crippen molar-refractivity contribution in [2.75, 3.05) is 5.32 Å². The minimum Gasteiger partial charge on any atom is -0.391 e. The van der Waals surface area contributed by atoms with Crippen molar-refractivity contribution in [1.82, 2.24) is 4.98 Å². The lowest BCUT2D eigenvalue weighted by Gasteiger charge is -2.17. The molecule has 1 heterocycles. The second-order valence-corrected chi connectivity index (χ2v) is 3.86. The summed E-state index contributed by atoms with van der Waals surface area (Å²) in [5.74, 6) is 0.760. The predicted molar refractivity (Wildman–Crippen MR) is 56.7 cm³/mol. The zero-order valence-electron chi connectivity index (χ0n) is 7.66. The highest BCUT2D eigenvalue weighted by Gasteiger charge is 2.09. The quantitative estimate of drug-likeness (QED) is 0.856. The van der Waals surface area contributed by atoms with Crippen LogP contribution in [0.4, 0.5) is 5.82 Å². The van der Waals surface area contributed by atoms with E-state index in [1.165, 1.54) is 0 Å². The molecule has 0 aliphatic heterocycles. The van der Waals surface area contributed by atoms with Crippen LogP contribution in [0.15, 0.2) is 22.8 Å². The monoisotopic (exact) mass is 244 g/mol. The molecule has 2 unspecified atom stereocenters. The number of nitrogens with zero attached hydrogens (tertiary/aromatic N) is 1. The molecule has 0 spiro atoms. The number of rotatable bonds is 3. The molecule has 4 heteroatoms. The number of halogens is 1. The summed E-state index contributed by atoms with van der Waals surface area (Å²) in [6.07, 6.45) is 1.32. The molecule has 0 fully saturated rings. The molecule has 0 aromatic carbocycles. The normalized spacial score (nSPS) is 15.1. The summed E-state index contributed by atoms with van der Waals surface area (Å²) in [5.41, 5.74) is 0. The molecule has 1 aromatic heterocycles. The summed E-state index contributed by atoms with van der Waals surface area (Å²) in [7, 11) is 0. The molecule has 0 saturated heterocycles. The maximum atomic E-state index is 9.27. The number of aromatic nitrogens is 1. The first-order valence-corrected chi connectivity index (χ1v) is 4.95. The minimum atomic E-state index is -0.395. The molecule has 3 nitrogen and oxygen atoms in total. The van der Waals surface area contributed by atoms with Crippen molar-refractivity contribution >= 4 is 21.7 Å². The average Bonchev–Trinajstić information content (AvgIpc) is 2.08. The summed E-state index contributed by atoms with van der Waals surface area (Å²) >= 11 is 3.37. The van der Waals surface area contributed by atoms with Gasteiger partial charge in [0, 0.05) is 6.20 Å². The molecule has 0 saturated carbocycles. The summed E-state index contributed by atoms with van der Waals surface area (Å²) in [6, 6.07) is 3.75. The van der Waals surface area contributed by atoms with E-state index in [2.05, 4.69) is 26.2 Å². The summed E-state index contributed by atoms with van der Waals surface area (Å²) in [5, 5.41) is 12.4. The topological polar surface area (TPSA) is 45.1 Å². The van der Waals surface area contributed by atoms with Crippen LogP contribution < -0.4 is 5.32 Å². The van der Waals surface area contributed by atoms with Crippen molar-refractivity contribution in [3.63, 3.8) is 0 Å². The number of aliphatic hydroxyl groups is 1. The van der Waals surface area contributed by atoms with E-state index in [-0.39, 0.29) is 6.04 Å². The van der Waals surface area contributed by atoms with Gasteiger partial charge in [-0.05, 0) is 41.9 Å². The minimum absolute atomic E-state index is 0.00815. The largest absolute Gasteiger partial charge is 0.391 e. The zero-order chi connectivity index (χ0) is 9.84. The van der Waals surface area contributed by atoms with E-state index in [0.29, 0.717) is 0 Å². The van der Waals surface area contributed by atoms with Crippen molar-refractivity contribution in [2.24, 2.45) is 0 Å². The van der Waals surface area contributed by atoms with E-state index in [0.717, 1.165) is 10.3 Å². The van der Waals surface area contributed by atoms with Crippen LogP contribution in [0.3, 0.4) is 0 Å². The van der Waals surface area contributed by atoms with Gasteiger partial charge in [0.1, 0.15) is 5.82 Å². The van der Waals surface area contributed by atoms with E-state index in [1.54, 1.807) is 13.1 Å². The summed E-state index contributed by atoms with van der Waals surface area (Å²) < 4.78 is 0.905. The maximum Gasteiger partial charge on any atom is 0.140 e. The number of aliphatic hydroxyl groups excluding tert-OH is 1. The van der Waals surface area contributed by atoms with Crippen molar-refractivity contribution in [1.29, 1.82) is 0 Å². The van der Waals surface area contributed by atoms with Crippen LogP contribution in [0.2, 0.25) is 0 Å². The molecule has 72 valence electrons. The lowest BCUT2D eigenvalue weighted by atomic mass is 10.2. The fraction of sp³-hybridized carbons (Fsp3) is 0.444. The second kappa shape index (κ2) is 4.58. The Balaban J connectivity index is 2.69. The standard InChI is InChI=1S/C9H13BrN2O/c1-6(7(2)13)12-9-8(10)4-3-5-11-9/h3-7,13H,1-2H3,(H,11,12). The Hall–Kier alpha value is -0.610. The molecule has 2 N–H and O–H groups in total. The molecule has 1 aromatic rings. The van der Waals surface area contributed by atoms with Crippen molar-refractivity contribution in [3.05, 3.63) is 22.8 Å². The van der Waals surface area contributed by atoms with Gasteiger partial charge in [-0.1, -0.05) is 0 Å². The Bertz CT molecular complexity index is 278. The Kier molecular flexibility index (Phi) is 3.69. The highest BCUT2D eigenvalue weighted by molar-refractivity contribution is 9.10. The number of hydrogen-bond acceptors (Lipinski definition) is 3. The lowest BCUT2D eigenvalue weighted by molar-refractivity contribution is 0.177. The van der Waals surface area contributed by atoms with Gasteiger partial charge in [0.25, 0.3) is 0 Å². The van der Waals surface area contributed by atoms with Crippen LogP contribution in [0.1, 0.15) is 13.8 Å². The molecule has 0 amide bonds. The highest BCUT2D eigenvalue weighted by Crippen LogP contribution is 2.19. The fourth-order valence-electron chi connectivity index (χ4n) is 0.828. The Morgan fingerprint density at radius 2 is 2.23 bits per heavy atom. The fourth-order valence-corrected chi connectivity index (χ4v) is 1.20. The van der Waals surface area contributed by atoms with Gasteiger partial charge in [-0.3, -0.25) is 0 Å². The van der Waals surface area contributed by atoms with Crippen molar-refractivity contribution in [3.8, 4) is 0 Å². The van der Waals surface area contributed by atoms with Gasteiger partial charge < -0.3 is 10.4 Å². The van der Waals surface area contributed by atoms with E-state index < -0.39 is 6.10 Å². The lowest BCUT2D eigenvalue weighted by Crippen LogP contribution is -2.28.